The van der Waals surface area contributed by atoms with E-state index in [4.69, 9.17) is 4.74 Å². The molecule has 1 aromatic carbocycles. The van der Waals surface area contributed by atoms with Gasteiger partial charge in [-0.2, -0.15) is 0 Å². The maximum absolute atomic E-state index is 5.17. The van der Waals surface area contributed by atoms with Crippen LogP contribution < -0.4 is 15.4 Å². The largest absolute Gasteiger partial charge is 0.497 e. The molecular weight excluding hydrogens is 288 g/mol. The van der Waals surface area contributed by atoms with Gasteiger partial charge in [-0.15, -0.1) is 0 Å². The zero-order chi connectivity index (χ0) is 16.5. The van der Waals surface area contributed by atoms with Gasteiger partial charge in [0.2, 0.25) is 0 Å². The second kappa shape index (κ2) is 9.40. The van der Waals surface area contributed by atoms with Crippen molar-refractivity contribution < 1.29 is 4.74 Å². The Hall–Kier alpha value is -1.75. The number of hydrogen-bond donors (Lipinski definition) is 2. The van der Waals surface area contributed by atoms with Gasteiger partial charge in [0, 0.05) is 32.7 Å². The molecule has 5 heteroatoms. The number of hydrogen-bond acceptors (Lipinski definition) is 3. The quantitative estimate of drug-likeness (QED) is 0.598. The molecule has 128 valence electrons. The third kappa shape index (κ3) is 5.75. The monoisotopic (exact) mass is 318 g/mol. The van der Waals surface area contributed by atoms with Gasteiger partial charge < -0.3 is 20.3 Å². The van der Waals surface area contributed by atoms with Crippen LogP contribution in [0.15, 0.2) is 29.3 Å². The van der Waals surface area contributed by atoms with Crippen molar-refractivity contribution in [1.29, 1.82) is 0 Å². The minimum atomic E-state index is 0.752. The molecule has 0 atom stereocenters. The number of nitrogens with one attached hydrogen (secondary N) is 2. The second-order valence-electron chi connectivity index (χ2n) is 6.12. The van der Waals surface area contributed by atoms with Crippen molar-refractivity contribution in [2.24, 2.45) is 4.99 Å². The molecule has 1 aliphatic carbocycles. The van der Waals surface area contributed by atoms with Crippen LogP contribution in [0.2, 0.25) is 0 Å². The molecule has 5 nitrogen and oxygen atoms in total. The standard InChI is InChI=1S/C18H30N4O/c1-19-18(20-12-13-22(2)16-6-4-5-7-16)21-14-15-8-10-17(23-3)11-9-15/h8-11,16H,4-7,12-14H2,1-3H3,(H2,19,20,21). The first-order valence-electron chi connectivity index (χ1n) is 8.50. The first-order chi connectivity index (χ1) is 11.2. The molecule has 0 radical (unpaired) electrons. The van der Waals surface area contributed by atoms with Gasteiger partial charge in [0.15, 0.2) is 5.96 Å². The van der Waals surface area contributed by atoms with E-state index in [-0.39, 0.29) is 0 Å². The average Bonchev–Trinajstić information content (AvgIpc) is 3.13. The lowest BCUT2D eigenvalue weighted by Gasteiger charge is -2.24. The Bertz CT molecular complexity index is 480. The molecule has 0 saturated heterocycles. The summed E-state index contributed by atoms with van der Waals surface area (Å²) in [5.41, 5.74) is 1.21. The summed E-state index contributed by atoms with van der Waals surface area (Å²) < 4.78 is 5.17. The summed E-state index contributed by atoms with van der Waals surface area (Å²) in [6, 6.07) is 8.85. The number of guanidine groups is 1. The van der Waals surface area contributed by atoms with Crippen LogP contribution in [0.5, 0.6) is 5.75 Å². The van der Waals surface area contributed by atoms with E-state index in [1.54, 1.807) is 7.11 Å². The fourth-order valence-corrected chi connectivity index (χ4v) is 3.03. The van der Waals surface area contributed by atoms with E-state index in [2.05, 4.69) is 39.7 Å². The number of ether oxygens (including phenoxy) is 1. The van der Waals surface area contributed by atoms with Crippen molar-refractivity contribution in [2.45, 2.75) is 38.3 Å². The van der Waals surface area contributed by atoms with E-state index in [1.807, 2.05) is 19.2 Å². The predicted octanol–water partition coefficient (Wildman–Crippen LogP) is 2.23. The summed E-state index contributed by atoms with van der Waals surface area (Å²) in [4.78, 5) is 6.75. The molecule has 2 rings (SSSR count). The molecule has 0 unspecified atom stereocenters. The van der Waals surface area contributed by atoms with Crippen LogP contribution >= 0.6 is 0 Å². The normalized spacial score (nSPS) is 15.9. The van der Waals surface area contributed by atoms with E-state index in [0.717, 1.165) is 37.4 Å². The summed E-state index contributed by atoms with van der Waals surface area (Å²) in [5.74, 6) is 1.73. The minimum Gasteiger partial charge on any atom is -0.497 e. The zero-order valence-electron chi connectivity index (χ0n) is 14.6. The number of likely N-dealkylation sites (N-methyl/N-ethyl adjacent to an activating group) is 1. The number of aliphatic imine (C=N–C) groups is 1. The van der Waals surface area contributed by atoms with E-state index in [0.29, 0.717) is 0 Å². The topological polar surface area (TPSA) is 48.9 Å². The highest BCUT2D eigenvalue weighted by molar-refractivity contribution is 5.79. The van der Waals surface area contributed by atoms with Gasteiger partial charge in [-0.3, -0.25) is 4.99 Å². The summed E-state index contributed by atoms with van der Waals surface area (Å²) in [6.07, 6.45) is 5.46. The van der Waals surface area contributed by atoms with Gasteiger partial charge in [0.25, 0.3) is 0 Å². The van der Waals surface area contributed by atoms with Crippen molar-refractivity contribution in [2.75, 3.05) is 34.3 Å². The Morgan fingerprint density at radius 3 is 2.52 bits per heavy atom. The van der Waals surface area contributed by atoms with Crippen LogP contribution in [0, 0.1) is 0 Å². The third-order valence-electron chi connectivity index (χ3n) is 4.55. The number of benzene rings is 1. The smallest absolute Gasteiger partial charge is 0.191 e. The van der Waals surface area contributed by atoms with Crippen molar-refractivity contribution in [3.8, 4) is 5.75 Å². The van der Waals surface area contributed by atoms with Gasteiger partial charge in [-0.1, -0.05) is 25.0 Å². The molecule has 0 spiro atoms. The Morgan fingerprint density at radius 2 is 1.91 bits per heavy atom. The van der Waals surface area contributed by atoms with E-state index in [1.165, 1.54) is 31.2 Å². The Morgan fingerprint density at radius 1 is 1.22 bits per heavy atom. The lowest BCUT2D eigenvalue weighted by molar-refractivity contribution is 0.249. The van der Waals surface area contributed by atoms with Crippen LogP contribution in [-0.4, -0.2) is 51.2 Å². The molecule has 1 fully saturated rings. The van der Waals surface area contributed by atoms with Crippen molar-refractivity contribution in [1.82, 2.24) is 15.5 Å². The summed E-state index contributed by atoms with van der Waals surface area (Å²) >= 11 is 0. The van der Waals surface area contributed by atoms with Crippen molar-refractivity contribution >= 4 is 5.96 Å². The summed E-state index contributed by atoms with van der Waals surface area (Å²) in [5, 5.41) is 6.74. The van der Waals surface area contributed by atoms with E-state index < -0.39 is 0 Å². The first kappa shape index (κ1) is 17.6. The van der Waals surface area contributed by atoms with Crippen molar-refractivity contribution in [3.05, 3.63) is 29.8 Å². The molecular formula is C18H30N4O. The van der Waals surface area contributed by atoms with Crippen LogP contribution in [-0.2, 0) is 6.54 Å². The van der Waals surface area contributed by atoms with Crippen molar-refractivity contribution in [3.63, 3.8) is 0 Å². The van der Waals surface area contributed by atoms with E-state index >= 15 is 0 Å². The van der Waals surface area contributed by atoms with Crippen LogP contribution in [0.4, 0.5) is 0 Å². The summed E-state index contributed by atoms with van der Waals surface area (Å²) in [7, 11) is 5.72. The molecule has 0 bridgehead atoms. The zero-order valence-corrected chi connectivity index (χ0v) is 14.6. The lowest BCUT2D eigenvalue weighted by atomic mass is 10.2. The average molecular weight is 318 g/mol. The van der Waals surface area contributed by atoms with Gasteiger partial charge >= 0.3 is 0 Å². The van der Waals surface area contributed by atoms with Crippen LogP contribution in [0.25, 0.3) is 0 Å². The highest BCUT2D eigenvalue weighted by atomic mass is 16.5. The highest BCUT2D eigenvalue weighted by Crippen LogP contribution is 2.21. The second-order valence-corrected chi connectivity index (χ2v) is 6.12. The van der Waals surface area contributed by atoms with Crippen LogP contribution in [0.3, 0.4) is 0 Å². The molecule has 1 aromatic rings. The minimum absolute atomic E-state index is 0.752. The molecule has 1 aliphatic rings. The molecule has 0 amide bonds. The molecule has 0 aliphatic heterocycles. The lowest BCUT2D eigenvalue weighted by Crippen LogP contribution is -2.42. The number of methoxy groups -OCH3 is 1. The number of nitrogens with zero attached hydrogens (tertiary/aromatic N) is 2. The predicted molar refractivity (Wildman–Crippen MR) is 96.1 cm³/mol. The van der Waals surface area contributed by atoms with Gasteiger partial charge in [0.05, 0.1) is 7.11 Å². The SMILES string of the molecule is CN=C(NCCN(C)C1CCCC1)NCc1ccc(OC)cc1. The maximum atomic E-state index is 5.17. The molecule has 23 heavy (non-hydrogen) atoms. The molecule has 0 heterocycles. The van der Waals surface area contributed by atoms with Gasteiger partial charge in [-0.25, -0.2) is 0 Å². The van der Waals surface area contributed by atoms with Crippen LogP contribution in [0.1, 0.15) is 31.2 Å². The fourth-order valence-electron chi connectivity index (χ4n) is 3.03. The third-order valence-corrected chi connectivity index (χ3v) is 4.55. The van der Waals surface area contributed by atoms with Gasteiger partial charge in [0.1, 0.15) is 5.75 Å². The Kier molecular flexibility index (Phi) is 7.20. The Balaban J connectivity index is 1.68. The summed E-state index contributed by atoms with van der Waals surface area (Å²) in [6.45, 7) is 2.71. The first-order valence-corrected chi connectivity index (χ1v) is 8.50. The maximum Gasteiger partial charge on any atom is 0.191 e. The Labute approximate surface area is 140 Å². The molecule has 1 saturated carbocycles. The van der Waals surface area contributed by atoms with Gasteiger partial charge in [-0.05, 0) is 37.6 Å². The number of rotatable bonds is 7. The molecule has 2 N–H and O–H groups in total. The fraction of sp³-hybridized carbons (Fsp3) is 0.611. The highest BCUT2D eigenvalue weighted by Gasteiger charge is 2.18. The molecule has 0 aromatic heterocycles. The van der Waals surface area contributed by atoms with E-state index in [9.17, 15) is 0 Å².